The van der Waals surface area contributed by atoms with E-state index in [1.54, 1.807) is 32.9 Å². The number of amides is 1. The van der Waals surface area contributed by atoms with Crippen LogP contribution in [0.25, 0.3) is 17.1 Å². The van der Waals surface area contributed by atoms with Gasteiger partial charge in [0, 0.05) is 23.0 Å². The van der Waals surface area contributed by atoms with Crippen LogP contribution in [-0.2, 0) is 14.8 Å². The molecule has 39 heavy (non-hydrogen) atoms. The molecule has 4 aromatic rings. The Hall–Kier alpha value is -3.87. The van der Waals surface area contributed by atoms with Gasteiger partial charge in [0.1, 0.15) is 0 Å². The van der Waals surface area contributed by atoms with E-state index in [4.69, 9.17) is 9.47 Å². The average molecular weight is 566 g/mol. The molecule has 1 aliphatic rings. The van der Waals surface area contributed by atoms with E-state index in [0.29, 0.717) is 28.2 Å². The number of hydrogen-bond acceptors (Lipinski definition) is 8. The summed E-state index contributed by atoms with van der Waals surface area (Å²) in [4.78, 5) is 13.2. The molecule has 1 aliphatic heterocycles. The van der Waals surface area contributed by atoms with Crippen molar-refractivity contribution in [1.82, 2.24) is 19.5 Å². The number of anilines is 1. The van der Waals surface area contributed by atoms with Crippen molar-refractivity contribution in [3.63, 3.8) is 0 Å². The van der Waals surface area contributed by atoms with E-state index in [0.717, 1.165) is 11.3 Å². The summed E-state index contributed by atoms with van der Waals surface area (Å²) in [5.41, 5.74) is 2.13. The fourth-order valence-electron chi connectivity index (χ4n) is 3.93. The first-order valence-electron chi connectivity index (χ1n) is 12.2. The maximum absolute atomic E-state index is 13.0. The van der Waals surface area contributed by atoms with Gasteiger partial charge in [-0.3, -0.25) is 9.36 Å². The number of nitrogens with one attached hydrogen (secondary N) is 2. The minimum absolute atomic E-state index is 0.128. The summed E-state index contributed by atoms with van der Waals surface area (Å²) in [6.07, 6.45) is 0. The van der Waals surface area contributed by atoms with Gasteiger partial charge >= 0.3 is 0 Å². The van der Waals surface area contributed by atoms with Gasteiger partial charge in [-0.05, 0) is 75.4 Å². The molecule has 0 saturated heterocycles. The molecule has 0 fully saturated rings. The molecule has 0 radical (unpaired) electrons. The Morgan fingerprint density at radius 3 is 2.38 bits per heavy atom. The number of nitrogens with zero attached hydrogens (tertiary/aromatic N) is 3. The number of carbonyl (C=O) groups is 1. The van der Waals surface area contributed by atoms with Gasteiger partial charge < -0.3 is 14.8 Å². The van der Waals surface area contributed by atoms with Gasteiger partial charge in [-0.2, -0.15) is 0 Å². The number of thioether (sulfide) groups is 1. The van der Waals surface area contributed by atoms with Crippen LogP contribution in [0.4, 0.5) is 5.69 Å². The number of fused-ring (bicyclic) bond motifs is 1. The molecule has 12 heteroatoms. The average Bonchev–Trinajstić information content (AvgIpc) is 3.55. The van der Waals surface area contributed by atoms with E-state index in [9.17, 15) is 13.2 Å². The van der Waals surface area contributed by atoms with E-state index < -0.39 is 15.3 Å². The molecule has 1 atom stereocenters. The number of aromatic nitrogens is 3. The van der Waals surface area contributed by atoms with E-state index in [1.807, 2.05) is 53.1 Å². The number of rotatable bonds is 9. The quantitative estimate of drug-likeness (QED) is 0.285. The molecule has 0 bridgehead atoms. The first-order valence-corrected chi connectivity index (χ1v) is 14.6. The summed E-state index contributed by atoms with van der Waals surface area (Å²) in [5.74, 6) is 1.65. The zero-order valence-electron chi connectivity index (χ0n) is 21.5. The summed E-state index contributed by atoms with van der Waals surface area (Å²) < 4.78 is 40.1. The Balaban J connectivity index is 1.36. The second-order valence-corrected chi connectivity index (χ2v) is 12.1. The van der Waals surface area contributed by atoms with Crippen LogP contribution in [0.3, 0.4) is 0 Å². The normalized spacial score (nSPS) is 13.4. The van der Waals surface area contributed by atoms with Gasteiger partial charge in [-0.1, -0.05) is 30.0 Å². The Morgan fingerprint density at radius 2 is 1.67 bits per heavy atom. The zero-order valence-corrected chi connectivity index (χ0v) is 23.1. The lowest BCUT2D eigenvalue weighted by molar-refractivity contribution is -0.115. The van der Waals surface area contributed by atoms with Crippen molar-refractivity contribution < 1.29 is 22.7 Å². The molecule has 1 aromatic heterocycles. The minimum atomic E-state index is -3.62. The smallest absolute Gasteiger partial charge is 0.240 e. The first-order chi connectivity index (χ1) is 18.7. The molecular weight excluding hydrogens is 538 g/mol. The summed E-state index contributed by atoms with van der Waals surface area (Å²) in [6.45, 7) is 5.45. The predicted molar refractivity (Wildman–Crippen MR) is 149 cm³/mol. The Bertz CT molecular complexity index is 1590. The lowest BCUT2D eigenvalue weighted by atomic mass is 10.2. The minimum Gasteiger partial charge on any atom is -0.454 e. The van der Waals surface area contributed by atoms with Gasteiger partial charge in [-0.15, -0.1) is 10.2 Å². The molecule has 0 spiro atoms. The van der Waals surface area contributed by atoms with Crippen molar-refractivity contribution >= 4 is 33.4 Å². The van der Waals surface area contributed by atoms with Crippen molar-refractivity contribution in [3.8, 4) is 28.6 Å². The van der Waals surface area contributed by atoms with Gasteiger partial charge in [-0.25, -0.2) is 13.1 Å². The highest BCUT2D eigenvalue weighted by molar-refractivity contribution is 8.00. The molecule has 5 rings (SSSR count). The van der Waals surface area contributed by atoms with Gasteiger partial charge in [0.2, 0.25) is 22.7 Å². The van der Waals surface area contributed by atoms with Crippen LogP contribution in [0.2, 0.25) is 0 Å². The van der Waals surface area contributed by atoms with Crippen molar-refractivity contribution in [1.29, 1.82) is 0 Å². The number of hydrogen-bond donors (Lipinski definition) is 2. The molecule has 2 N–H and O–H groups in total. The highest BCUT2D eigenvalue weighted by Crippen LogP contribution is 2.37. The van der Waals surface area contributed by atoms with Gasteiger partial charge in [0.25, 0.3) is 0 Å². The zero-order chi connectivity index (χ0) is 27.6. The van der Waals surface area contributed by atoms with Gasteiger partial charge in [0.15, 0.2) is 22.5 Å². The number of para-hydroxylation sites is 1. The lowest BCUT2D eigenvalue weighted by Crippen LogP contribution is -2.30. The van der Waals surface area contributed by atoms with Gasteiger partial charge in [0.05, 0.1) is 10.1 Å². The maximum Gasteiger partial charge on any atom is 0.240 e. The molecular formula is C27H27N5O5S2. The molecule has 0 aliphatic carbocycles. The number of sulfonamides is 1. The standard InChI is InChI=1S/C27H27N5O5S2/c1-17(2)31-39(34,35)22-12-10-20(11-13-22)28-26(33)18(3)38-27-30-29-25(32(27)21-7-5-4-6-8-21)19-9-14-23-24(15-19)37-16-36-23/h4-15,17-18,31H,16H2,1-3H3,(H,28,33)/t18-/m1/s1. The largest absolute Gasteiger partial charge is 0.454 e. The third kappa shape index (κ3) is 5.92. The molecule has 0 saturated carbocycles. The molecule has 202 valence electrons. The fourth-order valence-corrected chi connectivity index (χ4v) is 6.05. The fraction of sp³-hybridized carbons (Fsp3) is 0.222. The number of benzene rings is 3. The van der Waals surface area contributed by atoms with E-state index in [-0.39, 0.29) is 23.6 Å². The summed E-state index contributed by atoms with van der Waals surface area (Å²) >= 11 is 1.26. The van der Waals surface area contributed by atoms with Crippen molar-refractivity contribution in [2.45, 2.75) is 42.1 Å². The SMILES string of the molecule is CC(C)NS(=O)(=O)c1ccc(NC(=O)[C@@H](C)Sc2nnc(-c3ccc4c(c3)OCO4)n2-c2ccccc2)cc1. The molecule has 10 nitrogen and oxygen atoms in total. The van der Waals surface area contributed by atoms with Crippen LogP contribution in [0.1, 0.15) is 20.8 Å². The first kappa shape index (κ1) is 26.7. The van der Waals surface area contributed by atoms with Crippen molar-refractivity contribution in [2.75, 3.05) is 12.1 Å². The van der Waals surface area contributed by atoms with Crippen molar-refractivity contribution in [2.24, 2.45) is 0 Å². The number of carbonyl (C=O) groups excluding carboxylic acids is 1. The van der Waals surface area contributed by atoms with E-state index >= 15 is 0 Å². The Kier molecular flexibility index (Phi) is 7.60. The topological polar surface area (TPSA) is 124 Å². The second-order valence-electron chi connectivity index (χ2n) is 9.09. The third-order valence-corrected chi connectivity index (χ3v) is 8.47. The Morgan fingerprint density at radius 1 is 0.949 bits per heavy atom. The van der Waals surface area contributed by atoms with Crippen LogP contribution >= 0.6 is 11.8 Å². The summed E-state index contributed by atoms with van der Waals surface area (Å²) in [6, 6.07) is 21.1. The Labute approximate surface area is 230 Å². The summed E-state index contributed by atoms with van der Waals surface area (Å²) in [7, 11) is -3.62. The lowest BCUT2D eigenvalue weighted by Gasteiger charge is -2.14. The second kappa shape index (κ2) is 11.1. The van der Waals surface area contributed by atoms with Crippen LogP contribution in [0.15, 0.2) is 82.8 Å². The maximum atomic E-state index is 13.0. The predicted octanol–water partition coefficient (Wildman–Crippen LogP) is 4.47. The van der Waals surface area contributed by atoms with Crippen LogP contribution in [0.5, 0.6) is 11.5 Å². The van der Waals surface area contributed by atoms with Crippen LogP contribution in [0, 0.1) is 0 Å². The molecule has 3 aromatic carbocycles. The molecule has 0 unspecified atom stereocenters. The van der Waals surface area contributed by atoms with Crippen molar-refractivity contribution in [3.05, 3.63) is 72.8 Å². The number of ether oxygens (including phenoxy) is 2. The third-order valence-electron chi connectivity index (χ3n) is 5.75. The molecule has 2 heterocycles. The van der Waals surface area contributed by atoms with Crippen LogP contribution in [-0.4, -0.2) is 47.2 Å². The van der Waals surface area contributed by atoms with Crippen LogP contribution < -0.4 is 19.5 Å². The highest BCUT2D eigenvalue weighted by atomic mass is 32.2. The van der Waals surface area contributed by atoms with E-state index in [2.05, 4.69) is 20.2 Å². The monoisotopic (exact) mass is 565 g/mol. The highest BCUT2D eigenvalue weighted by Gasteiger charge is 2.24. The molecule has 1 amide bonds. The summed E-state index contributed by atoms with van der Waals surface area (Å²) in [5, 5.41) is 11.7. The van der Waals surface area contributed by atoms with E-state index in [1.165, 1.54) is 23.9 Å².